The van der Waals surface area contributed by atoms with E-state index >= 15 is 0 Å². The fourth-order valence-electron chi connectivity index (χ4n) is 0.465. The predicted molar refractivity (Wildman–Crippen MR) is 39.1 cm³/mol. The van der Waals surface area contributed by atoms with Crippen LogP contribution >= 0.6 is 11.6 Å². The SMILES string of the molecule is CN1C=C(Cl)C=NS1(=O)=O. The lowest BCUT2D eigenvalue weighted by atomic mass is 10.6. The van der Waals surface area contributed by atoms with Crippen LogP contribution in [0.3, 0.4) is 0 Å². The third-order valence-corrected chi connectivity index (χ3v) is 2.38. The second-order valence-corrected chi connectivity index (χ2v) is 3.86. The molecule has 0 fully saturated rings. The fraction of sp³-hybridized carbons (Fsp3) is 0.250. The van der Waals surface area contributed by atoms with E-state index in [0.29, 0.717) is 5.03 Å². The first kappa shape index (κ1) is 7.56. The van der Waals surface area contributed by atoms with Gasteiger partial charge < -0.3 is 0 Å². The Hall–Kier alpha value is -0.550. The Bertz CT molecular complexity index is 292. The van der Waals surface area contributed by atoms with E-state index in [-0.39, 0.29) is 0 Å². The van der Waals surface area contributed by atoms with Crippen LogP contribution in [0.15, 0.2) is 15.6 Å². The maximum Gasteiger partial charge on any atom is 0.344 e. The first-order chi connectivity index (χ1) is 4.52. The molecule has 1 aliphatic heterocycles. The van der Waals surface area contributed by atoms with Crippen molar-refractivity contribution >= 4 is 28.0 Å². The van der Waals surface area contributed by atoms with Crippen LogP contribution in [-0.2, 0) is 10.2 Å². The highest BCUT2D eigenvalue weighted by Gasteiger charge is 2.15. The second kappa shape index (κ2) is 2.25. The van der Waals surface area contributed by atoms with Crippen LogP contribution in [0.4, 0.5) is 0 Å². The molecule has 0 amide bonds. The highest BCUT2D eigenvalue weighted by Crippen LogP contribution is 2.11. The molecule has 0 radical (unpaired) electrons. The van der Waals surface area contributed by atoms with E-state index in [1.807, 2.05) is 0 Å². The second-order valence-electron chi connectivity index (χ2n) is 1.74. The summed E-state index contributed by atoms with van der Waals surface area (Å²) in [5.41, 5.74) is 0. The molecule has 0 saturated heterocycles. The minimum atomic E-state index is -3.45. The van der Waals surface area contributed by atoms with Crippen molar-refractivity contribution in [2.45, 2.75) is 0 Å². The molecular formula is C4H5ClN2O2S. The van der Waals surface area contributed by atoms with E-state index in [2.05, 4.69) is 4.40 Å². The molecular weight excluding hydrogens is 176 g/mol. The van der Waals surface area contributed by atoms with Gasteiger partial charge in [-0.2, -0.15) is 12.8 Å². The highest BCUT2D eigenvalue weighted by atomic mass is 35.5. The number of hydrogen-bond donors (Lipinski definition) is 0. The smallest absolute Gasteiger partial charge is 0.260 e. The molecule has 0 aromatic carbocycles. The molecule has 0 atom stereocenters. The molecule has 0 saturated carbocycles. The zero-order valence-electron chi connectivity index (χ0n) is 5.15. The zero-order chi connectivity index (χ0) is 7.78. The monoisotopic (exact) mass is 180 g/mol. The Morgan fingerprint density at radius 1 is 1.70 bits per heavy atom. The summed E-state index contributed by atoms with van der Waals surface area (Å²) in [5, 5.41) is 0.303. The average molecular weight is 181 g/mol. The van der Waals surface area contributed by atoms with Gasteiger partial charge >= 0.3 is 10.2 Å². The van der Waals surface area contributed by atoms with Crippen molar-refractivity contribution < 1.29 is 8.42 Å². The van der Waals surface area contributed by atoms with E-state index < -0.39 is 10.2 Å². The van der Waals surface area contributed by atoms with Crippen molar-refractivity contribution in [3.8, 4) is 0 Å². The summed E-state index contributed by atoms with van der Waals surface area (Å²) in [6.45, 7) is 0. The summed E-state index contributed by atoms with van der Waals surface area (Å²) in [6, 6.07) is 0. The first-order valence-electron chi connectivity index (χ1n) is 2.43. The molecule has 6 heteroatoms. The van der Waals surface area contributed by atoms with Crippen LogP contribution in [0.5, 0.6) is 0 Å². The zero-order valence-corrected chi connectivity index (χ0v) is 6.72. The summed E-state index contributed by atoms with van der Waals surface area (Å²) in [7, 11) is -2.08. The molecule has 1 aliphatic rings. The minimum absolute atomic E-state index is 0.303. The summed E-state index contributed by atoms with van der Waals surface area (Å²) >= 11 is 5.44. The lowest BCUT2D eigenvalue weighted by Crippen LogP contribution is -2.22. The van der Waals surface area contributed by atoms with Gasteiger partial charge in [0.1, 0.15) is 0 Å². The van der Waals surface area contributed by atoms with Crippen molar-refractivity contribution in [2.75, 3.05) is 7.05 Å². The first-order valence-corrected chi connectivity index (χ1v) is 4.20. The molecule has 0 aromatic heterocycles. The summed E-state index contributed by atoms with van der Waals surface area (Å²) in [6.07, 6.45) is 2.38. The molecule has 0 spiro atoms. The molecule has 0 aromatic rings. The number of halogens is 1. The molecule has 4 nitrogen and oxygen atoms in total. The quantitative estimate of drug-likeness (QED) is 0.540. The molecule has 10 heavy (non-hydrogen) atoms. The van der Waals surface area contributed by atoms with Crippen LogP contribution in [0.25, 0.3) is 0 Å². The van der Waals surface area contributed by atoms with Gasteiger partial charge in [0.05, 0.1) is 11.2 Å². The van der Waals surface area contributed by atoms with E-state index in [9.17, 15) is 8.42 Å². The van der Waals surface area contributed by atoms with Gasteiger partial charge in [0, 0.05) is 13.2 Å². The van der Waals surface area contributed by atoms with Gasteiger partial charge in [0.25, 0.3) is 0 Å². The van der Waals surface area contributed by atoms with Crippen molar-refractivity contribution in [3.05, 3.63) is 11.2 Å². The average Bonchev–Trinajstić information content (AvgIpc) is 1.81. The van der Waals surface area contributed by atoms with Crippen molar-refractivity contribution in [3.63, 3.8) is 0 Å². The van der Waals surface area contributed by atoms with E-state index in [0.717, 1.165) is 10.5 Å². The predicted octanol–water partition coefficient (Wildman–Crippen LogP) is 0.328. The highest BCUT2D eigenvalue weighted by molar-refractivity contribution is 7.88. The molecule has 56 valence electrons. The standard InChI is InChI=1S/C4H5ClN2O2S/c1-7-3-4(5)2-6-10(7,8)9/h2-3H,1H3. The summed E-state index contributed by atoms with van der Waals surface area (Å²) in [5.74, 6) is 0. The molecule has 0 bridgehead atoms. The molecule has 0 unspecified atom stereocenters. The topological polar surface area (TPSA) is 49.7 Å². The van der Waals surface area contributed by atoms with Gasteiger partial charge in [-0.05, 0) is 0 Å². The number of allylic oxidation sites excluding steroid dienone is 1. The number of nitrogens with zero attached hydrogens (tertiary/aromatic N) is 2. The van der Waals surface area contributed by atoms with E-state index in [1.54, 1.807) is 0 Å². The Morgan fingerprint density at radius 3 is 2.70 bits per heavy atom. The van der Waals surface area contributed by atoms with Crippen molar-refractivity contribution in [1.29, 1.82) is 0 Å². The van der Waals surface area contributed by atoms with Crippen molar-refractivity contribution in [1.82, 2.24) is 4.31 Å². The summed E-state index contributed by atoms with van der Waals surface area (Å²) < 4.78 is 25.7. The third-order valence-electron chi connectivity index (χ3n) is 0.978. The van der Waals surface area contributed by atoms with Gasteiger partial charge in [-0.25, -0.2) is 0 Å². The van der Waals surface area contributed by atoms with Crippen LogP contribution in [0, 0.1) is 0 Å². The lowest BCUT2D eigenvalue weighted by Gasteiger charge is -2.13. The normalized spacial score (nSPS) is 22.6. The van der Waals surface area contributed by atoms with E-state index in [4.69, 9.17) is 11.6 Å². The Kier molecular flexibility index (Phi) is 1.70. The van der Waals surface area contributed by atoms with Crippen LogP contribution in [-0.4, -0.2) is 26.0 Å². The van der Waals surface area contributed by atoms with E-state index in [1.165, 1.54) is 13.2 Å². The minimum Gasteiger partial charge on any atom is -0.260 e. The van der Waals surface area contributed by atoms with Gasteiger partial charge in [0.2, 0.25) is 0 Å². The number of rotatable bonds is 0. The van der Waals surface area contributed by atoms with Crippen molar-refractivity contribution in [2.24, 2.45) is 4.40 Å². The Balaban J connectivity index is 3.08. The van der Waals surface area contributed by atoms with Crippen LogP contribution in [0.1, 0.15) is 0 Å². The largest absolute Gasteiger partial charge is 0.344 e. The maximum absolute atomic E-state index is 10.8. The lowest BCUT2D eigenvalue weighted by molar-refractivity contribution is 0.540. The Morgan fingerprint density at radius 2 is 2.30 bits per heavy atom. The van der Waals surface area contributed by atoms with Gasteiger partial charge in [-0.1, -0.05) is 11.6 Å². The number of hydrogen-bond acceptors (Lipinski definition) is 2. The van der Waals surface area contributed by atoms with Crippen LogP contribution < -0.4 is 0 Å². The van der Waals surface area contributed by atoms with Gasteiger partial charge in [-0.3, -0.25) is 4.31 Å². The van der Waals surface area contributed by atoms with Crippen LogP contribution in [0.2, 0.25) is 0 Å². The molecule has 1 heterocycles. The summed E-state index contributed by atoms with van der Waals surface area (Å²) in [4.78, 5) is 0. The molecule has 0 N–H and O–H groups in total. The molecule has 1 rings (SSSR count). The third kappa shape index (κ3) is 1.30. The Labute approximate surface area is 64.0 Å². The van der Waals surface area contributed by atoms with Gasteiger partial charge in [-0.15, -0.1) is 0 Å². The fourth-order valence-corrected chi connectivity index (χ4v) is 1.42. The molecule has 0 aliphatic carbocycles. The van der Waals surface area contributed by atoms with Gasteiger partial charge in [0.15, 0.2) is 0 Å². The maximum atomic E-state index is 10.8.